The van der Waals surface area contributed by atoms with Crippen LogP contribution >= 0.6 is 0 Å². The van der Waals surface area contributed by atoms with Crippen molar-refractivity contribution >= 4 is 29.4 Å². The lowest BCUT2D eigenvalue weighted by molar-refractivity contribution is -0.114. The van der Waals surface area contributed by atoms with Gasteiger partial charge in [-0.25, -0.2) is 9.59 Å². The fourth-order valence-corrected chi connectivity index (χ4v) is 2.14. The number of ether oxygens (including phenoxy) is 2. The number of likely N-dealkylation sites (N-methyl/N-ethyl adjacent to an activating group) is 1. The van der Waals surface area contributed by atoms with Crippen molar-refractivity contribution in [3.8, 4) is 6.07 Å². The van der Waals surface area contributed by atoms with E-state index in [9.17, 15) is 14.4 Å². The Morgan fingerprint density at radius 1 is 1.10 bits per heavy atom. The molecule has 0 saturated heterocycles. The molecule has 0 atom stereocenters. The van der Waals surface area contributed by atoms with Gasteiger partial charge in [0.05, 0.1) is 17.9 Å². The summed E-state index contributed by atoms with van der Waals surface area (Å²) in [7, 11) is 0. The average Bonchev–Trinajstić information content (AvgIpc) is 2.72. The number of hydrogen-bond acceptors (Lipinski definition) is 9. The third-order valence-electron chi connectivity index (χ3n) is 3.76. The molecule has 0 aliphatic rings. The van der Waals surface area contributed by atoms with Gasteiger partial charge in [-0.2, -0.15) is 10.4 Å². The summed E-state index contributed by atoms with van der Waals surface area (Å²) in [5.74, 6) is -1.44. The van der Waals surface area contributed by atoms with Crippen molar-refractivity contribution in [2.24, 2.45) is 5.10 Å². The number of amides is 2. The maximum absolute atomic E-state index is 12.0. The van der Waals surface area contributed by atoms with Crippen molar-refractivity contribution in [3.63, 3.8) is 0 Å². The predicted molar refractivity (Wildman–Crippen MR) is 106 cm³/mol. The van der Waals surface area contributed by atoms with Crippen LogP contribution in [0.4, 0.5) is 10.5 Å². The van der Waals surface area contributed by atoms with E-state index in [4.69, 9.17) is 10.00 Å². The highest BCUT2D eigenvalue weighted by atomic mass is 16.5. The number of carbonyl (C=O) groups is 3. The van der Waals surface area contributed by atoms with Crippen LogP contribution in [0.5, 0.6) is 0 Å². The molecule has 0 aliphatic carbocycles. The fraction of sp³-hybridized carbons (Fsp3) is 0.421. The summed E-state index contributed by atoms with van der Waals surface area (Å²) >= 11 is 0. The highest BCUT2D eigenvalue weighted by Gasteiger charge is 2.15. The Morgan fingerprint density at radius 2 is 1.76 bits per heavy atom. The topological polar surface area (TPSA) is 133 Å². The van der Waals surface area contributed by atoms with E-state index in [2.05, 4.69) is 20.2 Å². The Labute approximate surface area is 169 Å². The molecule has 156 valence electrons. The highest BCUT2D eigenvalue weighted by Crippen LogP contribution is 2.10. The summed E-state index contributed by atoms with van der Waals surface area (Å²) in [6, 6.07) is 7.73. The normalized spacial score (nSPS) is 10.8. The first-order valence-electron chi connectivity index (χ1n) is 9.16. The van der Waals surface area contributed by atoms with Crippen LogP contribution in [0.2, 0.25) is 0 Å². The van der Waals surface area contributed by atoms with E-state index in [-0.39, 0.29) is 6.61 Å². The molecule has 0 fully saturated rings. The number of hydrazone groups is 1. The van der Waals surface area contributed by atoms with Gasteiger partial charge in [0.25, 0.3) is 5.91 Å². The zero-order valence-electron chi connectivity index (χ0n) is 16.7. The molecule has 29 heavy (non-hydrogen) atoms. The molecule has 10 heteroatoms. The highest BCUT2D eigenvalue weighted by molar-refractivity contribution is 6.46. The van der Waals surface area contributed by atoms with Crippen LogP contribution in [-0.4, -0.2) is 61.4 Å². The van der Waals surface area contributed by atoms with Crippen LogP contribution in [0.3, 0.4) is 0 Å². The molecule has 0 saturated carbocycles. The standard InChI is InChI=1S/C19H25N5O5/c1-4-24(5-2)11-12-29-18(26)14-7-9-15(10-8-14)22-23-16(13-20)17(25)21-19(27)28-6-3/h7-10,22H,4-6,11-12H2,1-3H3,(H,21,25,27). The van der Waals surface area contributed by atoms with Crippen LogP contribution in [0.15, 0.2) is 29.4 Å². The summed E-state index contributed by atoms with van der Waals surface area (Å²) < 4.78 is 9.79. The number of alkyl carbamates (subject to hydrolysis) is 1. The van der Waals surface area contributed by atoms with Gasteiger partial charge in [-0.15, -0.1) is 0 Å². The molecule has 0 aliphatic heterocycles. The third-order valence-corrected chi connectivity index (χ3v) is 3.76. The van der Waals surface area contributed by atoms with Crippen LogP contribution in [0.25, 0.3) is 0 Å². The minimum atomic E-state index is -0.994. The smallest absolute Gasteiger partial charge is 0.414 e. The summed E-state index contributed by atoms with van der Waals surface area (Å²) in [5, 5.41) is 14.5. The molecule has 2 N–H and O–H groups in total. The first-order chi connectivity index (χ1) is 13.9. The summed E-state index contributed by atoms with van der Waals surface area (Å²) in [6.45, 7) is 8.48. The molecule has 0 radical (unpaired) electrons. The quantitative estimate of drug-likeness (QED) is 0.343. The predicted octanol–water partition coefficient (Wildman–Crippen LogP) is 1.75. The number of hydrogen-bond donors (Lipinski definition) is 2. The number of nitrogens with zero attached hydrogens (tertiary/aromatic N) is 3. The Hall–Kier alpha value is -3.45. The van der Waals surface area contributed by atoms with Gasteiger partial charge in [-0.05, 0) is 44.3 Å². The SMILES string of the molecule is CCOC(=O)NC(=O)C(C#N)=NNc1ccc(C(=O)OCCN(CC)CC)cc1. The number of esters is 1. The van der Waals surface area contributed by atoms with Crippen molar-refractivity contribution in [1.29, 1.82) is 5.26 Å². The third kappa shape index (κ3) is 8.40. The van der Waals surface area contributed by atoms with Gasteiger partial charge in [0.15, 0.2) is 0 Å². The van der Waals surface area contributed by atoms with E-state index in [0.717, 1.165) is 13.1 Å². The first-order valence-corrected chi connectivity index (χ1v) is 9.16. The number of nitriles is 1. The number of imide groups is 1. The molecular weight excluding hydrogens is 378 g/mol. The molecule has 1 aromatic rings. The van der Waals surface area contributed by atoms with Crippen molar-refractivity contribution in [3.05, 3.63) is 29.8 Å². The number of anilines is 1. The minimum absolute atomic E-state index is 0.0840. The average molecular weight is 403 g/mol. The summed E-state index contributed by atoms with van der Waals surface area (Å²) in [6.07, 6.45) is -0.968. The number of rotatable bonds is 10. The molecule has 0 spiro atoms. The second kappa shape index (κ2) is 12.9. The molecule has 1 aromatic carbocycles. The summed E-state index contributed by atoms with van der Waals surface area (Å²) in [4.78, 5) is 37.1. The van der Waals surface area contributed by atoms with E-state index in [0.29, 0.717) is 24.4 Å². The van der Waals surface area contributed by atoms with Crippen LogP contribution in [0, 0.1) is 11.3 Å². The number of benzene rings is 1. The van der Waals surface area contributed by atoms with Crippen molar-refractivity contribution < 1.29 is 23.9 Å². The van der Waals surface area contributed by atoms with Gasteiger partial charge in [0.2, 0.25) is 5.71 Å². The van der Waals surface area contributed by atoms with Crippen LogP contribution in [-0.2, 0) is 14.3 Å². The Bertz CT molecular complexity index is 766. The summed E-state index contributed by atoms with van der Waals surface area (Å²) in [5.41, 5.74) is 2.75. The number of carbonyl (C=O) groups excluding carboxylic acids is 3. The van der Waals surface area contributed by atoms with Gasteiger partial charge in [-0.3, -0.25) is 15.5 Å². The van der Waals surface area contributed by atoms with Gasteiger partial charge >= 0.3 is 12.1 Å². The van der Waals surface area contributed by atoms with E-state index in [1.54, 1.807) is 25.1 Å². The lowest BCUT2D eigenvalue weighted by Gasteiger charge is -2.17. The molecule has 0 bridgehead atoms. The Balaban J connectivity index is 2.61. The largest absolute Gasteiger partial charge is 0.461 e. The van der Waals surface area contributed by atoms with Gasteiger partial charge in [0.1, 0.15) is 12.7 Å². The zero-order valence-corrected chi connectivity index (χ0v) is 16.7. The van der Waals surface area contributed by atoms with Crippen molar-refractivity contribution in [2.45, 2.75) is 20.8 Å². The lowest BCUT2D eigenvalue weighted by atomic mass is 10.2. The maximum atomic E-state index is 12.0. The molecule has 10 nitrogen and oxygen atoms in total. The Kier molecular flexibility index (Phi) is 10.5. The van der Waals surface area contributed by atoms with Crippen molar-refractivity contribution in [1.82, 2.24) is 10.2 Å². The first kappa shape index (κ1) is 23.6. The van der Waals surface area contributed by atoms with E-state index >= 15 is 0 Å². The van der Waals surface area contributed by atoms with Crippen LogP contribution < -0.4 is 10.7 Å². The van der Waals surface area contributed by atoms with E-state index in [1.165, 1.54) is 12.1 Å². The van der Waals surface area contributed by atoms with Gasteiger partial charge in [0, 0.05) is 6.54 Å². The molecular formula is C19H25N5O5. The monoisotopic (exact) mass is 403 g/mol. The lowest BCUT2D eigenvalue weighted by Crippen LogP contribution is -2.36. The zero-order chi connectivity index (χ0) is 21.6. The Morgan fingerprint density at radius 3 is 2.31 bits per heavy atom. The van der Waals surface area contributed by atoms with E-state index < -0.39 is 23.7 Å². The molecule has 0 unspecified atom stereocenters. The van der Waals surface area contributed by atoms with Gasteiger partial charge in [-0.1, -0.05) is 13.8 Å². The number of nitrogens with one attached hydrogen (secondary N) is 2. The van der Waals surface area contributed by atoms with Gasteiger partial charge < -0.3 is 14.4 Å². The minimum Gasteiger partial charge on any atom is -0.461 e. The van der Waals surface area contributed by atoms with Crippen molar-refractivity contribution in [2.75, 3.05) is 38.3 Å². The van der Waals surface area contributed by atoms with E-state index in [1.807, 2.05) is 19.2 Å². The molecule has 0 heterocycles. The molecule has 0 aromatic heterocycles. The fourth-order valence-electron chi connectivity index (χ4n) is 2.14. The second-order valence-corrected chi connectivity index (χ2v) is 5.60. The second-order valence-electron chi connectivity index (χ2n) is 5.60. The van der Waals surface area contributed by atoms with Crippen LogP contribution in [0.1, 0.15) is 31.1 Å². The maximum Gasteiger partial charge on any atom is 0.414 e. The molecule has 1 rings (SSSR count). The molecule has 2 amide bonds.